The Morgan fingerprint density at radius 1 is 1.39 bits per heavy atom. The van der Waals surface area contributed by atoms with E-state index in [1.165, 1.54) is 5.56 Å². The summed E-state index contributed by atoms with van der Waals surface area (Å²) >= 11 is 0. The molecule has 0 bridgehead atoms. The highest BCUT2D eigenvalue weighted by atomic mass is 16.5. The van der Waals surface area contributed by atoms with Crippen molar-refractivity contribution in [2.24, 2.45) is 0 Å². The predicted octanol–water partition coefficient (Wildman–Crippen LogP) is 3.12. The molecule has 3 nitrogen and oxygen atoms in total. The van der Waals surface area contributed by atoms with Crippen molar-refractivity contribution in [2.45, 2.75) is 46.1 Å². The van der Waals surface area contributed by atoms with E-state index in [0.29, 0.717) is 13.0 Å². The van der Waals surface area contributed by atoms with Crippen molar-refractivity contribution in [2.75, 3.05) is 6.61 Å². The second-order valence-corrected chi connectivity index (χ2v) is 4.69. The van der Waals surface area contributed by atoms with Gasteiger partial charge >= 0.3 is 5.97 Å². The molecular weight excluding hydrogens is 228 g/mol. The van der Waals surface area contributed by atoms with Gasteiger partial charge < -0.3 is 9.84 Å². The quantitative estimate of drug-likeness (QED) is 0.756. The average Bonchev–Trinajstić information content (AvgIpc) is 2.30. The minimum Gasteiger partial charge on any atom is -0.479 e. The topological polar surface area (TPSA) is 46.5 Å². The molecular formula is C15H22O3. The first-order valence-corrected chi connectivity index (χ1v) is 6.45. The van der Waals surface area contributed by atoms with E-state index >= 15 is 0 Å². The number of hydrogen-bond acceptors (Lipinski definition) is 2. The normalized spacial score (nSPS) is 12.4. The first kappa shape index (κ1) is 14.7. The number of carboxylic acid groups (broad SMARTS) is 1. The molecule has 1 rings (SSSR count). The summed E-state index contributed by atoms with van der Waals surface area (Å²) in [6, 6.07) is 6.07. The van der Waals surface area contributed by atoms with Crippen molar-refractivity contribution < 1.29 is 14.6 Å². The third kappa shape index (κ3) is 4.49. The zero-order valence-electron chi connectivity index (χ0n) is 11.4. The smallest absolute Gasteiger partial charge is 0.333 e. The fraction of sp³-hybridized carbons (Fsp3) is 0.533. The molecule has 0 aliphatic carbocycles. The zero-order chi connectivity index (χ0) is 13.5. The molecule has 0 spiro atoms. The minimum absolute atomic E-state index is 0.436. The number of aryl methyl sites for hydroxylation is 2. The van der Waals surface area contributed by atoms with E-state index in [1.54, 1.807) is 0 Å². The summed E-state index contributed by atoms with van der Waals surface area (Å²) in [5, 5.41) is 9.15. The van der Waals surface area contributed by atoms with E-state index in [4.69, 9.17) is 9.84 Å². The lowest BCUT2D eigenvalue weighted by molar-refractivity contribution is -0.150. The van der Waals surface area contributed by atoms with Crippen LogP contribution in [0.25, 0.3) is 0 Å². The van der Waals surface area contributed by atoms with Gasteiger partial charge in [-0.2, -0.15) is 0 Å². The van der Waals surface area contributed by atoms with Crippen molar-refractivity contribution in [1.29, 1.82) is 0 Å². The number of carboxylic acids is 1. The van der Waals surface area contributed by atoms with Crippen LogP contribution in [0, 0.1) is 13.8 Å². The maximum atomic E-state index is 11.2. The van der Waals surface area contributed by atoms with Crippen molar-refractivity contribution >= 4 is 5.97 Å². The van der Waals surface area contributed by atoms with Gasteiger partial charge in [0.25, 0.3) is 0 Å². The average molecular weight is 250 g/mol. The molecule has 3 heteroatoms. The SMILES string of the molecule is CCCCOC(Cc1ccc(C)cc1C)C(=O)O. The number of carbonyl (C=O) groups is 1. The van der Waals surface area contributed by atoms with Crippen LogP contribution >= 0.6 is 0 Å². The predicted molar refractivity (Wildman–Crippen MR) is 71.9 cm³/mol. The first-order chi connectivity index (χ1) is 8.54. The van der Waals surface area contributed by atoms with Crippen molar-refractivity contribution in [1.82, 2.24) is 0 Å². The second kappa shape index (κ2) is 7.17. The monoisotopic (exact) mass is 250 g/mol. The fourth-order valence-electron chi connectivity index (χ4n) is 1.86. The molecule has 0 amide bonds. The summed E-state index contributed by atoms with van der Waals surface area (Å²) in [4.78, 5) is 11.2. The molecule has 1 unspecified atom stereocenters. The number of aliphatic carboxylic acids is 1. The highest BCUT2D eigenvalue weighted by molar-refractivity contribution is 5.72. The number of unbranched alkanes of at least 4 members (excludes halogenated alkanes) is 1. The summed E-state index contributed by atoms with van der Waals surface area (Å²) in [6.07, 6.45) is 1.61. The molecule has 18 heavy (non-hydrogen) atoms. The third-order valence-corrected chi connectivity index (χ3v) is 3.00. The maximum absolute atomic E-state index is 11.2. The zero-order valence-corrected chi connectivity index (χ0v) is 11.4. The van der Waals surface area contributed by atoms with E-state index in [9.17, 15) is 4.79 Å². The summed E-state index contributed by atoms with van der Waals surface area (Å²) in [5.74, 6) is -0.883. The summed E-state index contributed by atoms with van der Waals surface area (Å²) in [7, 11) is 0. The van der Waals surface area contributed by atoms with Crippen molar-refractivity contribution in [3.63, 3.8) is 0 Å². The number of ether oxygens (including phenoxy) is 1. The van der Waals surface area contributed by atoms with Gasteiger partial charge in [0.15, 0.2) is 6.10 Å². The molecule has 0 heterocycles. The standard InChI is InChI=1S/C15H22O3/c1-4-5-8-18-14(15(16)17)10-13-7-6-11(2)9-12(13)3/h6-7,9,14H,4-5,8,10H2,1-3H3,(H,16,17). The van der Waals surface area contributed by atoms with Crippen LogP contribution in [0.2, 0.25) is 0 Å². The lowest BCUT2D eigenvalue weighted by Crippen LogP contribution is -2.27. The first-order valence-electron chi connectivity index (χ1n) is 6.45. The van der Waals surface area contributed by atoms with Crippen LogP contribution in [0.1, 0.15) is 36.5 Å². The molecule has 0 fully saturated rings. The highest BCUT2D eigenvalue weighted by Crippen LogP contribution is 2.14. The molecule has 1 aromatic rings. The molecule has 0 saturated carbocycles. The van der Waals surface area contributed by atoms with Gasteiger partial charge in [-0.3, -0.25) is 0 Å². The maximum Gasteiger partial charge on any atom is 0.333 e. The van der Waals surface area contributed by atoms with Gasteiger partial charge in [0.1, 0.15) is 0 Å². The lowest BCUT2D eigenvalue weighted by Gasteiger charge is -2.15. The van der Waals surface area contributed by atoms with Crippen LogP contribution in [0.5, 0.6) is 0 Å². The molecule has 0 aliphatic heterocycles. The summed E-state index contributed by atoms with van der Waals surface area (Å²) in [5.41, 5.74) is 3.36. The Labute approximate surface area is 109 Å². The summed E-state index contributed by atoms with van der Waals surface area (Å²) in [6.45, 7) is 6.61. The molecule has 0 saturated heterocycles. The Kier molecular flexibility index (Phi) is 5.86. The van der Waals surface area contributed by atoms with Crippen molar-refractivity contribution in [3.05, 3.63) is 34.9 Å². The molecule has 0 radical (unpaired) electrons. The second-order valence-electron chi connectivity index (χ2n) is 4.69. The van der Waals surface area contributed by atoms with E-state index in [0.717, 1.165) is 24.0 Å². The van der Waals surface area contributed by atoms with Crippen LogP contribution in [0.15, 0.2) is 18.2 Å². The Morgan fingerprint density at radius 3 is 2.67 bits per heavy atom. The molecule has 1 N–H and O–H groups in total. The Morgan fingerprint density at radius 2 is 2.11 bits per heavy atom. The van der Waals surface area contributed by atoms with Gasteiger partial charge in [0.2, 0.25) is 0 Å². The summed E-state index contributed by atoms with van der Waals surface area (Å²) < 4.78 is 5.43. The van der Waals surface area contributed by atoms with Gasteiger partial charge in [0.05, 0.1) is 0 Å². The fourth-order valence-corrected chi connectivity index (χ4v) is 1.86. The van der Waals surface area contributed by atoms with E-state index in [1.807, 2.05) is 26.0 Å². The highest BCUT2D eigenvalue weighted by Gasteiger charge is 2.19. The van der Waals surface area contributed by atoms with Gasteiger partial charge in [-0.1, -0.05) is 37.1 Å². The number of rotatable bonds is 7. The Bertz CT molecular complexity index is 399. The largest absolute Gasteiger partial charge is 0.479 e. The number of benzene rings is 1. The van der Waals surface area contributed by atoms with E-state index in [2.05, 4.69) is 13.0 Å². The lowest BCUT2D eigenvalue weighted by atomic mass is 10.0. The van der Waals surface area contributed by atoms with Crippen LogP contribution in [0.4, 0.5) is 0 Å². The van der Waals surface area contributed by atoms with E-state index in [-0.39, 0.29) is 0 Å². The van der Waals surface area contributed by atoms with Crippen LogP contribution in [-0.4, -0.2) is 23.8 Å². The van der Waals surface area contributed by atoms with Crippen LogP contribution < -0.4 is 0 Å². The van der Waals surface area contributed by atoms with E-state index < -0.39 is 12.1 Å². The minimum atomic E-state index is -0.883. The van der Waals surface area contributed by atoms with Gasteiger partial charge in [-0.05, 0) is 31.4 Å². The number of hydrogen-bond donors (Lipinski definition) is 1. The van der Waals surface area contributed by atoms with Gasteiger partial charge in [0, 0.05) is 13.0 Å². The Hall–Kier alpha value is -1.35. The molecule has 0 aromatic heterocycles. The van der Waals surface area contributed by atoms with Gasteiger partial charge in [-0.15, -0.1) is 0 Å². The molecule has 1 aromatic carbocycles. The molecule has 0 aliphatic rings. The van der Waals surface area contributed by atoms with Gasteiger partial charge in [-0.25, -0.2) is 4.79 Å². The Balaban J connectivity index is 2.67. The molecule has 1 atom stereocenters. The molecule has 100 valence electrons. The van der Waals surface area contributed by atoms with Crippen LogP contribution in [-0.2, 0) is 16.0 Å². The van der Waals surface area contributed by atoms with Crippen LogP contribution in [0.3, 0.4) is 0 Å². The third-order valence-electron chi connectivity index (χ3n) is 3.00. The van der Waals surface area contributed by atoms with Crippen molar-refractivity contribution in [3.8, 4) is 0 Å².